The molecule has 8 heteroatoms. The van der Waals surface area contributed by atoms with Gasteiger partial charge >= 0.3 is 5.97 Å². The molecule has 0 amide bonds. The second-order valence-electron chi connectivity index (χ2n) is 6.19. The maximum atomic E-state index is 10.7. The molecule has 1 aliphatic rings. The molecular formula is C19H32N4O4. The van der Waals surface area contributed by atoms with Crippen molar-refractivity contribution in [1.29, 1.82) is 0 Å². The minimum atomic E-state index is -1.22. The highest BCUT2D eigenvalue weighted by Gasteiger charge is 2.19. The molecule has 0 unspecified atom stereocenters. The molecule has 1 saturated carbocycles. The Morgan fingerprint density at radius 1 is 1.22 bits per heavy atom. The molecule has 0 spiro atoms. The highest BCUT2D eigenvalue weighted by atomic mass is 16.5. The van der Waals surface area contributed by atoms with E-state index in [1.54, 1.807) is 0 Å². The first-order valence-corrected chi connectivity index (χ1v) is 9.27. The normalized spacial score (nSPS) is 15.0. The van der Waals surface area contributed by atoms with Crippen LogP contribution in [0, 0.1) is 0 Å². The van der Waals surface area contributed by atoms with Crippen molar-refractivity contribution in [2.24, 2.45) is 11.6 Å². The van der Waals surface area contributed by atoms with Crippen molar-refractivity contribution >= 4 is 5.97 Å². The zero-order valence-electron chi connectivity index (χ0n) is 15.9. The van der Waals surface area contributed by atoms with Gasteiger partial charge in [0.15, 0.2) is 5.70 Å². The van der Waals surface area contributed by atoms with Gasteiger partial charge in [0.25, 0.3) is 0 Å². The molecule has 2 rings (SSSR count). The van der Waals surface area contributed by atoms with Gasteiger partial charge < -0.3 is 31.1 Å². The molecule has 8 nitrogen and oxygen atoms in total. The summed E-state index contributed by atoms with van der Waals surface area (Å²) in [4.78, 5) is 10.7. The van der Waals surface area contributed by atoms with Crippen molar-refractivity contribution in [2.45, 2.75) is 44.6 Å². The number of hydrogen-bond donors (Lipinski definition) is 5. The summed E-state index contributed by atoms with van der Waals surface area (Å²) in [6.07, 6.45) is 6.28. The predicted molar refractivity (Wildman–Crippen MR) is 105 cm³/mol. The van der Waals surface area contributed by atoms with Crippen molar-refractivity contribution in [3.05, 3.63) is 41.9 Å². The zero-order valence-corrected chi connectivity index (χ0v) is 15.9. The van der Waals surface area contributed by atoms with Crippen molar-refractivity contribution < 1.29 is 19.4 Å². The quantitative estimate of drug-likeness (QED) is 0.144. The molecule has 152 valence electrons. The molecule has 0 radical (unpaired) electrons. The van der Waals surface area contributed by atoms with Crippen molar-refractivity contribution in [2.75, 3.05) is 20.2 Å². The van der Waals surface area contributed by atoms with Gasteiger partial charge in [-0.05, 0) is 57.8 Å². The molecular weight excluding hydrogens is 348 g/mol. The van der Waals surface area contributed by atoms with Gasteiger partial charge in [-0.1, -0.05) is 24.6 Å². The Bertz CT molecular complexity index is 560. The Kier molecular flexibility index (Phi) is 11.5. The lowest BCUT2D eigenvalue weighted by Gasteiger charge is -2.23. The van der Waals surface area contributed by atoms with Gasteiger partial charge in [-0.2, -0.15) is 0 Å². The van der Waals surface area contributed by atoms with Crippen LogP contribution in [-0.4, -0.2) is 37.4 Å². The predicted octanol–water partition coefficient (Wildman–Crippen LogP) is 1.69. The minimum absolute atomic E-state index is 0.0152. The Morgan fingerprint density at radius 2 is 1.89 bits per heavy atom. The number of ether oxygens (including phenoxy) is 2. The number of carboxylic acids is 1. The largest absolute Gasteiger partial charge is 0.494 e. The number of hydrogen-bond acceptors (Lipinski definition) is 7. The Morgan fingerprint density at radius 3 is 2.44 bits per heavy atom. The zero-order chi connectivity index (χ0) is 19.9. The number of para-hydroxylation sites is 1. The number of nitrogens with two attached hydrogens (primary N) is 2. The molecule has 1 aromatic carbocycles. The van der Waals surface area contributed by atoms with Gasteiger partial charge in [0, 0.05) is 0 Å². The van der Waals surface area contributed by atoms with Gasteiger partial charge in [-0.3, -0.25) is 5.84 Å². The summed E-state index contributed by atoms with van der Waals surface area (Å²) in [5.74, 6) is 4.62. The van der Waals surface area contributed by atoms with E-state index >= 15 is 0 Å². The number of nitrogens with one attached hydrogen (secondary N) is 2. The van der Waals surface area contributed by atoms with E-state index in [0.717, 1.165) is 51.0 Å². The van der Waals surface area contributed by atoms with Crippen LogP contribution in [-0.2, 0) is 9.53 Å². The van der Waals surface area contributed by atoms with Crippen LogP contribution in [0.4, 0.5) is 0 Å². The van der Waals surface area contributed by atoms with E-state index < -0.39 is 5.97 Å². The van der Waals surface area contributed by atoms with E-state index in [-0.39, 0.29) is 17.7 Å². The highest BCUT2D eigenvalue weighted by Crippen LogP contribution is 2.21. The average molecular weight is 380 g/mol. The first kappa shape index (κ1) is 22.6. The number of hydrazine groups is 1. The number of rotatable bonds is 9. The van der Waals surface area contributed by atoms with Gasteiger partial charge in [-0.25, -0.2) is 4.79 Å². The van der Waals surface area contributed by atoms with Crippen LogP contribution in [0.5, 0.6) is 5.75 Å². The summed E-state index contributed by atoms with van der Waals surface area (Å²) in [7, 11) is 1.95. The fourth-order valence-electron chi connectivity index (χ4n) is 2.62. The topological polar surface area (TPSA) is 132 Å². The van der Waals surface area contributed by atoms with E-state index in [9.17, 15) is 4.79 Å². The summed E-state index contributed by atoms with van der Waals surface area (Å²) < 4.78 is 10.8. The van der Waals surface area contributed by atoms with Crippen LogP contribution in [0.25, 0.3) is 0 Å². The number of benzene rings is 1. The third-order valence-corrected chi connectivity index (χ3v) is 4.03. The molecule has 1 fully saturated rings. The fourth-order valence-corrected chi connectivity index (χ4v) is 2.62. The molecule has 0 atom stereocenters. The van der Waals surface area contributed by atoms with E-state index in [1.807, 2.05) is 42.8 Å². The smallest absolute Gasteiger partial charge is 0.358 e. The minimum Gasteiger partial charge on any atom is -0.494 e. The Labute approximate surface area is 160 Å². The third kappa shape index (κ3) is 9.72. The lowest BCUT2D eigenvalue weighted by atomic mass is 9.98. The van der Waals surface area contributed by atoms with E-state index in [4.69, 9.17) is 26.2 Å². The molecule has 27 heavy (non-hydrogen) atoms. The second-order valence-corrected chi connectivity index (χ2v) is 6.19. The maximum Gasteiger partial charge on any atom is 0.358 e. The SMILES string of the molecule is CNCCCOc1ccccc1.NN/C(C(=O)O)=C(\N)OC1CCCCC1. The van der Waals surface area contributed by atoms with E-state index in [1.165, 1.54) is 6.42 Å². The van der Waals surface area contributed by atoms with Crippen LogP contribution in [0.2, 0.25) is 0 Å². The molecule has 7 N–H and O–H groups in total. The lowest BCUT2D eigenvalue weighted by Crippen LogP contribution is -2.32. The number of carbonyl (C=O) groups is 1. The lowest BCUT2D eigenvalue weighted by molar-refractivity contribution is -0.133. The summed E-state index contributed by atoms with van der Waals surface area (Å²) >= 11 is 0. The first-order valence-electron chi connectivity index (χ1n) is 9.27. The number of aliphatic carboxylic acids is 1. The highest BCUT2D eigenvalue weighted by molar-refractivity contribution is 5.86. The molecule has 0 heterocycles. The molecule has 0 bridgehead atoms. The van der Waals surface area contributed by atoms with Crippen molar-refractivity contribution in [3.63, 3.8) is 0 Å². The second kappa shape index (κ2) is 13.7. The average Bonchev–Trinajstić information content (AvgIpc) is 2.68. The first-order chi connectivity index (χ1) is 13.1. The van der Waals surface area contributed by atoms with Crippen LogP contribution in [0.15, 0.2) is 41.9 Å². The van der Waals surface area contributed by atoms with Crippen LogP contribution in [0.3, 0.4) is 0 Å². The summed E-state index contributed by atoms with van der Waals surface area (Å²) in [5, 5.41) is 11.8. The molecule has 1 aliphatic carbocycles. The summed E-state index contributed by atoms with van der Waals surface area (Å²) in [6.45, 7) is 1.79. The fraction of sp³-hybridized carbons (Fsp3) is 0.526. The van der Waals surface area contributed by atoms with Crippen molar-refractivity contribution in [3.8, 4) is 5.75 Å². The molecule has 0 aliphatic heterocycles. The van der Waals surface area contributed by atoms with Crippen LogP contribution in [0.1, 0.15) is 38.5 Å². The van der Waals surface area contributed by atoms with Gasteiger partial charge in [-0.15, -0.1) is 0 Å². The van der Waals surface area contributed by atoms with Gasteiger partial charge in [0.05, 0.1) is 6.61 Å². The van der Waals surface area contributed by atoms with E-state index in [0.29, 0.717) is 0 Å². The van der Waals surface area contributed by atoms with Crippen molar-refractivity contribution in [1.82, 2.24) is 10.7 Å². The molecule has 0 aromatic heterocycles. The van der Waals surface area contributed by atoms with Crippen LogP contribution >= 0.6 is 0 Å². The Balaban J connectivity index is 0.000000277. The van der Waals surface area contributed by atoms with E-state index in [2.05, 4.69) is 5.32 Å². The summed E-state index contributed by atoms with van der Waals surface area (Å²) in [5.41, 5.74) is 7.22. The van der Waals surface area contributed by atoms with Gasteiger partial charge in [0.1, 0.15) is 11.9 Å². The standard InChI is InChI=1S/C10H15NO.C9H17N3O3/c1-11-8-5-9-12-10-6-3-2-4-7-10;10-8(7(12-11)9(13)14)15-6-4-2-1-3-5-6/h2-4,6-7,11H,5,8-9H2,1H3;6,12H,1-5,10-11H2,(H,13,14)/b;8-7+. The maximum absolute atomic E-state index is 10.7. The molecule has 1 aromatic rings. The third-order valence-electron chi connectivity index (χ3n) is 4.03. The van der Waals surface area contributed by atoms with Crippen LogP contribution < -0.4 is 27.1 Å². The molecule has 0 saturated heterocycles. The summed E-state index contributed by atoms with van der Waals surface area (Å²) in [6, 6.07) is 9.89. The van der Waals surface area contributed by atoms with Gasteiger partial charge in [0.2, 0.25) is 5.88 Å². The monoisotopic (exact) mass is 380 g/mol. The Hall–Kier alpha value is -2.45. The number of carboxylic acid groups (broad SMARTS) is 1.